The highest BCUT2D eigenvalue weighted by Crippen LogP contribution is 2.37. The van der Waals surface area contributed by atoms with Gasteiger partial charge in [0.15, 0.2) is 0 Å². The van der Waals surface area contributed by atoms with Crippen molar-refractivity contribution in [2.45, 2.75) is 137 Å². The first-order valence-corrected chi connectivity index (χ1v) is 12.3. The maximum Gasteiger partial charge on any atom is 0.0629 e. The fourth-order valence-corrected chi connectivity index (χ4v) is 4.95. The van der Waals surface area contributed by atoms with Crippen molar-refractivity contribution in [1.29, 1.82) is 0 Å². The van der Waals surface area contributed by atoms with Gasteiger partial charge in [-0.25, -0.2) is 0 Å². The molecule has 0 aromatic carbocycles. The van der Waals surface area contributed by atoms with E-state index in [1.54, 1.807) is 0 Å². The Hall–Kier alpha value is -0.0800. The molecular weight excluding hydrogens is 344 g/mol. The Morgan fingerprint density at radius 2 is 1.57 bits per heavy atom. The predicted molar refractivity (Wildman–Crippen MR) is 123 cm³/mol. The maximum absolute atomic E-state index is 9.88. The lowest BCUT2D eigenvalue weighted by molar-refractivity contribution is -0.0611. The van der Waals surface area contributed by atoms with Crippen LogP contribution in [0.2, 0.25) is 0 Å². The van der Waals surface area contributed by atoms with Crippen LogP contribution in [-0.4, -0.2) is 22.9 Å². The normalized spacial score (nSPS) is 22.6. The number of rotatable bonds is 14. The Balaban J connectivity index is 2.24. The van der Waals surface area contributed by atoms with Crippen LogP contribution < -0.4 is 0 Å². The summed E-state index contributed by atoms with van der Waals surface area (Å²) in [5, 5.41) is 9.88. The van der Waals surface area contributed by atoms with Crippen LogP contribution in [0.3, 0.4) is 0 Å². The molecule has 3 unspecified atom stereocenters. The van der Waals surface area contributed by atoms with Crippen LogP contribution in [-0.2, 0) is 4.74 Å². The quantitative estimate of drug-likeness (QED) is 0.325. The summed E-state index contributed by atoms with van der Waals surface area (Å²) < 4.78 is 6.15. The molecular formula is C26H52O2. The molecule has 0 aliphatic heterocycles. The highest BCUT2D eigenvalue weighted by atomic mass is 16.5. The van der Waals surface area contributed by atoms with Gasteiger partial charge in [-0.1, -0.05) is 78.6 Å². The summed E-state index contributed by atoms with van der Waals surface area (Å²) in [7, 11) is 0. The van der Waals surface area contributed by atoms with Gasteiger partial charge in [-0.15, -0.1) is 0 Å². The molecule has 1 rings (SSSR count). The molecule has 0 heterocycles. The van der Waals surface area contributed by atoms with Crippen molar-refractivity contribution in [2.75, 3.05) is 6.61 Å². The fraction of sp³-hybridized carbons (Fsp3) is 1.00. The zero-order chi connectivity index (χ0) is 21.2. The topological polar surface area (TPSA) is 29.5 Å². The number of ether oxygens (including phenoxy) is 1. The monoisotopic (exact) mass is 396 g/mol. The van der Waals surface area contributed by atoms with Gasteiger partial charge in [0.05, 0.1) is 17.8 Å². The average Bonchev–Trinajstić information content (AvgIpc) is 2.52. The second-order valence-corrected chi connectivity index (χ2v) is 11.6. The van der Waals surface area contributed by atoms with E-state index in [2.05, 4.69) is 34.6 Å². The molecule has 0 bridgehead atoms. The van der Waals surface area contributed by atoms with Gasteiger partial charge in [0, 0.05) is 0 Å². The van der Waals surface area contributed by atoms with Crippen LogP contribution in [0.1, 0.15) is 126 Å². The van der Waals surface area contributed by atoms with E-state index in [0.29, 0.717) is 13.0 Å². The van der Waals surface area contributed by atoms with Gasteiger partial charge in [0.2, 0.25) is 0 Å². The highest BCUT2D eigenvalue weighted by Gasteiger charge is 2.29. The number of aliphatic hydroxyl groups is 1. The van der Waals surface area contributed by atoms with Crippen molar-refractivity contribution in [3.8, 4) is 0 Å². The van der Waals surface area contributed by atoms with Crippen molar-refractivity contribution in [1.82, 2.24) is 0 Å². The fourth-order valence-electron chi connectivity index (χ4n) is 4.95. The molecule has 2 nitrogen and oxygen atoms in total. The molecule has 168 valence electrons. The lowest BCUT2D eigenvalue weighted by atomic mass is 9.75. The van der Waals surface area contributed by atoms with Crippen molar-refractivity contribution in [2.24, 2.45) is 23.7 Å². The Kier molecular flexibility index (Phi) is 11.7. The minimum absolute atomic E-state index is 0.0667. The van der Waals surface area contributed by atoms with Crippen LogP contribution in [0.5, 0.6) is 0 Å². The molecule has 1 saturated carbocycles. The summed E-state index contributed by atoms with van der Waals surface area (Å²) >= 11 is 0. The molecule has 1 N–H and O–H groups in total. The van der Waals surface area contributed by atoms with Gasteiger partial charge >= 0.3 is 0 Å². The Morgan fingerprint density at radius 1 is 0.929 bits per heavy atom. The Bertz CT molecular complexity index is 394. The molecule has 0 saturated heterocycles. The molecule has 0 aromatic rings. The molecule has 2 heteroatoms. The van der Waals surface area contributed by atoms with Gasteiger partial charge in [-0.05, 0) is 70.6 Å². The molecule has 1 aliphatic carbocycles. The maximum atomic E-state index is 9.88. The van der Waals surface area contributed by atoms with Crippen LogP contribution in [0.25, 0.3) is 0 Å². The van der Waals surface area contributed by atoms with Crippen LogP contribution in [0, 0.1) is 23.7 Å². The highest BCUT2D eigenvalue weighted by molar-refractivity contribution is 4.80. The summed E-state index contributed by atoms with van der Waals surface area (Å²) in [6.45, 7) is 16.0. The van der Waals surface area contributed by atoms with E-state index in [4.69, 9.17) is 4.74 Å². The standard InChI is InChI=1S/C26H52O2/c1-21(2)11-8-12-22(3)13-9-14-23-15-10-16-24(19-23)20-26(6,7)28-18-17-25(4,5)27/h21-24,27H,8-20H2,1-7H3. The summed E-state index contributed by atoms with van der Waals surface area (Å²) in [5.41, 5.74) is -0.694. The predicted octanol–water partition coefficient (Wildman–Crippen LogP) is 7.77. The van der Waals surface area contributed by atoms with Crippen LogP contribution in [0.15, 0.2) is 0 Å². The van der Waals surface area contributed by atoms with Gasteiger partial charge in [0.25, 0.3) is 0 Å². The largest absolute Gasteiger partial charge is 0.390 e. The molecule has 1 aliphatic rings. The first kappa shape index (κ1) is 26.0. The zero-order valence-electron chi connectivity index (χ0n) is 20.4. The third-order valence-electron chi connectivity index (χ3n) is 6.67. The molecule has 1 fully saturated rings. The molecule has 28 heavy (non-hydrogen) atoms. The Morgan fingerprint density at radius 3 is 2.21 bits per heavy atom. The minimum Gasteiger partial charge on any atom is -0.390 e. The van der Waals surface area contributed by atoms with E-state index in [1.165, 1.54) is 70.6 Å². The zero-order valence-corrected chi connectivity index (χ0v) is 20.4. The molecule has 3 atom stereocenters. The van der Waals surface area contributed by atoms with E-state index < -0.39 is 5.60 Å². The van der Waals surface area contributed by atoms with E-state index in [9.17, 15) is 5.11 Å². The van der Waals surface area contributed by atoms with Crippen LogP contribution >= 0.6 is 0 Å². The van der Waals surface area contributed by atoms with Crippen molar-refractivity contribution in [3.63, 3.8) is 0 Å². The minimum atomic E-state index is -0.627. The first-order valence-electron chi connectivity index (χ1n) is 12.3. The van der Waals surface area contributed by atoms with Crippen LogP contribution in [0.4, 0.5) is 0 Å². The molecule has 0 spiro atoms. The molecule has 0 amide bonds. The van der Waals surface area contributed by atoms with Gasteiger partial charge < -0.3 is 9.84 Å². The Labute approximate surface area is 177 Å². The summed E-state index contributed by atoms with van der Waals surface area (Å²) in [5.74, 6) is 3.52. The summed E-state index contributed by atoms with van der Waals surface area (Å²) in [6.07, 6.45) is 16.0. The smallest absolute Gasteiger partial charge is 0.0629 e. The number of hydrogen-bond donors (Lipinski definition) is 1. The second-order valence-electron chi connectivity index (χ2n) is 11.6. The third-order valence-corrected chi connectivity index (χ3v) is 6.67. The molecule has 0 aromatic heterocycles. The summed E-state index contributed by atoms with van der Waals surface area (Å²) in [4.78, 5) is 0. The lowest BCUT2D eigenvalue weighted by Crippen LogP contribution is -2.32. The van der Waals surface area contributed by atoms with Gasteiger partial charge in [-0.2, -0.15) is 0 Å². The molecule has 0 radical (unpaired) electrons. The van der Waals surface area contributed by atoms with Crippen molar-refractivity contribution >= 4 is 0 Å². The first-order chi connectivity index (χ1) is 13.0. The van der Waals surface area contributed by atoms with Gasteiger partial charge in [0.1, 0.15) is 0 Å². The second kappa shape index (κ2) is 12.6. The SMILES string of the molecule is CC(C)CCCC(C)CCCC1CCCC(CC(C)(C)OCCC(C)(C)O)C1. The van der Waals surface area contributed by atoms with E-state index in [-0.39, 0.29) is 5.60 Å². The van der Waals surface area contributed by atoms with E-state index in [1.807, 2.05) is 13.8 Å². The van der Waals surface area contributed by atoms with Crippen molar-refractivity contribution < 1.29 is 9.84 Å². The average molecular weight is 397 g/mol. The van der Waals surface area contributed by atoms with Crippen molar-refractivity contribution in [3.05, 3.63) is 0 Å². The van der Waals surface area contributed by atoms with Gasteiger partial charge in [-0.3, -0.25) is 0 Å². The van der Waals surface area contributed by atoms with E-state index >= 15 is 0 Å². The number of hydrogen-bond acceptors (Lipinski definition) is 2. The summed E-state index contributed by atoms with van der Waals surface area (Å²) in [6, 6.07) is 0. The lowest BCUT2D eigenvalue weighted by Gasteiger charge is -2.35. The van der Waals surface area contributed by atoms with E-state index in [0.717, 1.165) is 23.7 Å². The third kappa shape index (κ3) is 13.2.